The molecule has 0 aliphatic rings. The maximum atomic E-state index is 9.75. The third kappa shape index (κ3) is 3.93. The molecule has 0 saturated carbocycles. The molecule has 96 valence electrons. The largest absolute Gasteiger partial charge is 0.508 e. The molecule has 0 spiro atoms. The van der Waals surface area contributed by atoms with Gasteiger partial charge in [0.25, 0.3) is 0 Å². The second-order valence-electron chi connectivity index (χ2n) is 5.46. The predicted octanol–water partition coefficient (Wildman–Crippen LogP) is 2.93. The zero-order chi connectivity index (χ0) is 13.1. The minimum atomic E-state index is 0.203. The normalized spacial score (nSPS) is 13.5. The van der Waals surface area contributed by atoms with Gasteiger partial charge >= 0.3 is 0 Å². The highest BCUT2D eigenvalue weighted by Gasteiger charge is 2.19. The summed E-state index contributed by atoms with van der Waals surface area (Å²) in [6.45, 7) is 9.36. The Morgan fingerprint density at radius 2 is 2.00 bits per heavy atom. The molecule has 1 aromatic rings. The average molecular weight is 237 g/mol. The van der Waals surface area contributed by atoms with Crippen molar-refractivity contribution in [2.45, 2.75) is 40.3 Å². The molecule has 1 atom stereocenters. The van der Waals surface area contributed by atoms with Crippen molar-refractivity contribution in [2.75, 3.05) is 7.11 Å². The third-order valence-electron chi connectivity index (χ3n) is 3.18. The molecule has 17 heavy (non-hydrogen) atoms. The van der Waals surface area contributed by atoms with Gasteiger partial charge in [-0.2, -0.15) is 0 Å². The summed E-state index contributed by atoms with van der Waals surface area (Å²) < 4.78 is 5.15. The molecular weight excluding hydrogens is 214 g/mol. The molecule has 2 N–H and O–H groups in total. The van der Waals surface area contributed by atoms with Crippen molar-refractivity contribution in [1.82, 2.24) is 5.32 Å². The van der Waals surface area contributed by atoms with E-state index in [1.54, 1.807) is 19.2 Å². The molecule has 0 aliphatic carbocycles. The van der Waals surface area contributed by atoms with Crippen LogP contribution < -0.4 is 10.1 Å². The van der Waals surface area contributed by atoms with E-state index < -0.39 is 0 Å². The van der Waals surface area contributed by atoms with Crippen LogP contribution in [0.25, 0.3) is 0 Å². The summed E-state index contributed by atoms with van der Waals surface area (Å²) in [5.74, 6) is 1.07. The summed E-state index contributed by atoms with van der Waals surface area (Å²) in [6.07, 6.45) is 0. The Hall–Kier alpha value is -1.22. The van der Waals surface area contributed by atoms with Gasteiger partial charge in [0.2, 0.25) is 0 Å². The Morgan fingerprint density at radius 3 is 2.53 bits per heavy atom. The van der Waals surface area contributed by atoms with E-state index in [-0.39, 0.29) is 5.41 Å². The highest BCUT2D eigenvalue weighted by atomic mass is 16.5. The van der Waals surface area contributed by atoms with Crippen molar-refractivity contribution in [3.05, 3.63) is 23.8 Å². The fourth-order valence-electron chi connectivity index (χ4n) is 1.40. The van der Waals surface area contributed by atoms with Crippen molar-refractivity contribution >= 4 is 0 Å². The Labute approximate surface area is 104 Å². The number of methoxy groups -OCH3 is 1. The zero-order valence-corrected chi connectivity index (χ0v) is 11.4. The van der Waals surface area contributed by atoms with E-state index in [0.29, 0.717) is 18.3 Å². The van der Waals surface area contributed by atoms with E-state index in [1.807, 2.05) is 6.07 Å². The van der Waals surface area contributed by atoms with Gasteiger partial charge in [0.15, 0.2) is 0 Å². The smallest absolute Gasteiger partial charge is 0.120 e. The first-order valence-electron chi connectivity index (χ1n) is 5.94. The highest BCUT2D eigenvalue weighted by Crippen LogP contribution is 2.24. The number of phenolic OH excluding ortho intramolecular Hbond substituents is 1. The van der Waals surface area contributed by atoms with Crippen molar-refractivity contribution in [3.8, 4) is 11.5 Å². The molecule has 0 amide bonds. The number of hydrogen-bond donors (Lipinski definition) is 2. The van der Waals surface area contributed by atoms with Gasteiger partial charge in [-0.15, -0.1) is 0 Å². The van der Waals surface area contributed by atoms with Gasteiger partial charge in [0.05, 0.1) is 7.11 Å². The first kappa shape index (κ1) is 13.8. The van der Waals surface area contributed by atoms with Crippen LogP contribution in [0.1, 0.15) is 33.3 Å². The lowest BCUT2D eigenvalue weighted by atomic mass is 9.88. The van der Waals surface area contributed by atoms with Crippen LogP contribution in [0.2, 0.25) is 0 Å². The fourth-order valence-corrected chi connectivity index (χ4v) is 1.40. The summed E-state index contributed by atoms with van der Waals surface area (Å²) >= 11 is 0. The number of benzene rings is 1. The van der Waals surface area contributed by atoms with Crippen molar-refractivity contribution < 1.29 is 9.84 Å². The van der Waals surface area contributed by atoms with Gasteiger partial charge in [-0.1, -0.05) is 20.8 Å². The molecule has 3 heteroatoms. The molecule has 0 aromatic heterocycles. The van der Waals surface area contributed by atoms with Crippen LogP contribution in [0.4, 0.5) is 0 Å². The van der Waals surface area contributed by atoms with Crippen LogP contribution in [-0.2, 0) is 6.54 Å². The van der Waals surface area contributed by atoms with Crippen LogP contribution in [0.5, 0.6) is 11.5 Å². The van der Waals surface area contributed by atoms with Gasteiger partial charge in [-0.05, 0) is 30.5 Å². The molecule has 0 radical (unpaired) electrons. The monoisotopic (exact) mass is 237 g/mol. The molecule has 1 aromatic carbocycles. The lowest BCUT2D eigenvalue weighted by Crippen LogP contribution is -2.37. The first-order valence-corrected chi connectivity index (χ1v) is 5.94. The summed E-state index contributed by atoms with van der Waals surface area (Å²) in [7, 11) is 1.63. The van der Waals surface area contributed by atoms with Gasteiger partial charge in [-0.3, -0.25) is 0 Å². The van der Waals surface area contributed by atoms with Gasteiger partial charge < -0.3 is 15.2 Å². The predicted molar refractivity (Wildman–Crippen MR) is 70.4 cm³/mol. The lowest BCUT2D eigenvalue weighted by molar-refractivity contribution is 0.284. The highest BCUT2D eigenvalue weighted by molar-refractivity contribution is 5.39. The second-order valence-corrected chi connectivity index (χ2v) is 5.46. The van der Waals surface area contributed by atoms with Crippen LogP contribution in [0.3, 0.4) is 0 Å². The molecular formula is C14H23NO2. The molecule has 0 bridgehead atoms. The van der Waals surface area contributed by atoms with Crippen molar-refractivity contribution in [3.63, 3.8) is 0 Å². The molecule has 0 saturated heterocycles. The van der Waals surface area contributed by atoms with Crippen molar-refractivity contribution in [2.24, 2.45) is 5.41 Å². The van der Waals surface area contributed by atoms with E-state index in [9.17, 15) is 5.11 Å². The standard InChI is InChI=1S/C14H23NO2/c1-10(14(2,3)4)15-9-11-8-12(17-5)6-7-13(11)16/h6-8,10,15-16H,9H2,1-5H3. The number of rotatable bonds is 4. The minimum Gasteiger partial charge on any atom is -0.508 e. The molecule has 0 aliphatic heterocycles. The quantitative estimate of drug-likeness (QED) is 0.846. The van der Waals surface area contributed by atoms with Crippen LogP contribution in [0.15, 0.2) is 18.2 Å². The lowest BCUT2D eigenvalue weighted by Gasteiger charge is -2.28. The van der Waals surface area contributed by atoms with E-state index in [2.05, 4.69) is 33.0 Å². The Kier molecular flexibility index (Phi) is 4.40. The number of hydrogen-bond acceptors (Lipinski definition) is 3. The number of nitrogens with one attached hydrogen (secondary N) is 1. The van der Waals surface area contributed by atoms with Gasteiger partial charge in [0.1, 0.15) is 11.5 Å². The summed E-state index contributed by atoms with van der Waals surface area (Å²) in [6, 6.07) is 5.65. The minimum absolute atomic E-state index is 0.203. The maximum Gasteiger partial charge on any atom is 0.120 e. The van der Waals surface area contributed by atoms with E-state index >= 15 is 0 Å². The zero-order valence-electron chi connectivity index (χ0n) is 11.4. The van der Waals surface area contributed by atoms with E-state index in [0.717, 1.165) is 11.3 Å². The summed E-state index contributed by atoms with van der Waals surface area (Å²) in [5, 5.41) is 13.2. The van der Waals surface area contributed by atoms with E-state index in [1.165, 1.54) is 0 Å². The molecule has 3 nitrogen and oxygen atoms in total. The van der Waals surface area contributed by atoms with Gasteiger partial charge in [0, 0.05) is 18.2 Å². The fraction of sp³-hybridized carbons (Fsp3) is 0.571. The number of ether oxygens (including phenoxy) is 1. The molecule has 1 rings (SSSR count). The topological polar surface area (TPSA) is 41.5 Å². The van der Waals surface area contributed by atoms with Crippen molar-refractivity contribution in [1.29, 1.82) is 0 Å². The Bertz CT molecular complexity index is 369. The molecule has 0 heterocycles. The summed E-state index contributed by atoms with van der Waals surface area (Å²) in [4.78, 5) is 0. The van der Waals surface area contributed by atoms with Crippen LogP contribution >= 0.6 is 0 Å². The summed E-state index contributed by atoms with van der Waals surface area (Å²) in [5.41, 5.74) is 1.06. The molecule has 0 fully saturated rings. The molecule has 1 unspecified atom stereocenters. The van der Waals surface area contributed by atoms with E-state index in [4.69, 9.17) is 4.74 Å². The first-order chi connectivity index (χ1) is 7.84. The number of aromatic hydroxyl groups is 1. The maximum absolute atomic E-state index is 9.75. The SMILES string of the molecule is COc1ccc(O)c(CNC(C)C(C)(C)C)c1. The van der Waals surface area contributed by atoms with Gasteiger partial charge in [-0.25, -0.2) is 0 Å². The second kappa shape index (κ2) is 5.41. The average Bonchev–Trinajstić information content (AvgIpc) is 2.26. The Balaban J connectivity index is 2.69. The van der Waals surface area contributed by atoms with Crippen LogP contribution in [-0.4, -0.2) is 18.3 Å². The Morgan fingerprint density at radius 1 is 1.35 bits per heavy atom. The number of phenols is 1. The third-order valence-corrected chi connectivity index (χ3v) is 3.18. The van der Waals surface area contributed by atoms with Crippen LogP contribution in [0, 0.1) is 5.41 Å².